The number of carbonyl (C=O) groups excluding carboxylic acids is 2. The lowest BCUT2D eigenvalue weighted by Crippen LogP contribution is -2.21. The minimum absolute atomic E-state index is 0.0341. The number of benzene rings is 2. The number of nitrogens with one attached hydrogen (secondary N) is 3. The molecule has 6 heteroatoms. The first-order valence-electron chi connectivity index (χ1n) is 8.77. The van der Waals surface area contributed by atoms with Gasteiger partial charge in [0, 0.05) is 23.5 Å². The lowest BCUT2D eigenvalue weighted by atomic mass is 10.2. The van der Waals surface area contributed by atoms with Crippen molar-refractivity contribution in [3.8, 4) is 5.75 Å². The van der Waals surface area contributed by atoms with E-state index in [4.69, 9.17) is 4.74 Å². The highest BCUT2D eigenvalue weighted by atomic mass is 16.5. The topological polar surface area (TPSA) is 79.5 Å². The van der Waals surface area contributed by atoms with Crippen LogP contribution in [-0.4, -0.2) is 25.0 Å². The van der Waals surface area contributed by atoms with E-state index < -0.39 is 0 Å². The van der Waals surface area contributed by atoms with E-state index in [0.717, 1.165) is 17.9 Å². The fraction of sp³-hybridized carbons (Fsp3) is 0.300. The van der Waals surface area contributed by atoms with Crippen LogP contribution in [0, 0.1) is 0 Å². The predicted octanol–water partition coefficient (Wildman–Crippen LogP) is 3.87. The van der Waals surface area contributed by atoms with Gasteiger partial charge in [-0.05, 0) is 55.8 Å². The second-order valence-electron chi connectivity index (χ2n) is 5.74. The van der Waals surface area contributed by atoms with Gasteiger partial charge in [0.25, 0.3) is 0 Å². The quantitative estimate of drug-likeness (QED) is 0.638. The molecule has 0 aliphatic rings. The van der Waals surface area contributed by atoms with Crippen LogP contribution in [0.5, 0.6) is 5.75 Å². The normalized spacial score (nSPS) is 10.1. The Balaban J connectivity index is 1.84. The molecular weight excluding hydrogens is 330 g/mol. The van der Waals surface area contributed by atoms with Gasteiger partial charge in [-0.3, -0.25) is 9.59 Å². The van der Waals surface area contributed by atoms with Gasteiger partial charge in [0.15, 0.2) is 0 Å². The van der Waals surface area contributed by atoms with Crippen molar-refractivity contribution in [3.63, 3.8) is 0 Å². The number of hydrogen-bond donors (Lipinski definition) is 3. The van der Waals surface area contributed by atoms with Crippen LogP contribution < -0.4 is 20.7 Å². The summed E-state index contributed by atoms with van der Waals surface area (Å²) in [6, 6.07) is 14.5. The monoisotopic (exact) mass is 355 g/mol. The van der Waals surface area contributed by atoms with Crippen LogP contribution in [-0.2, 0) is 9.59 Å². The fourth-order valence-corrected chi connectivity index (χ4v) is 2.35. The maximum Gasteiger partial charge on any atom is 0.243 e. The molecule has 0 aromatic heterocycles. The van der Waals surface area contributed by atoms with Crippen molar-refractivity contribution in [2.75, 3.05) is 29.1 Å². The van der Waals surface area contributed by atoms with Gasteiger partial charge in [0.1, 0.15) is 5.75 Å². The van der Waals surface area contributed by atoms with E-state index in [-0.39, 0.29) is 18.4 Å². The molecule has 2 amide bonds. The average Bonchev–Trinajstić information content (AvgIpc) is 2.62. The molecule has 26 heavy (non-hydrogen) atoms. The van der Waals surface area contributed by atoms with Crippen LogP contribution in [0.2, 0.25) is 0 Å². The highest BCUT2D eigenvalue weighted by Crippen LogP contribution is 2.17. The lowest BCUT2D eigenvalue weighted by molar-refractivity contribution is -0.116. The van der Waals surface area contributed by atoms with Crippen LogP contribution >= 0.6 is 0 Å². The van der Waals surface area contributed by atoms with Crippen molar-refractivity contribution < 1.29 is 14.3 Å². The molecular formula is C20H25N3O3. The number of amides is 2. The predicted molar refractivity (Wildman–Crippen MR) is 105 cm³/mol. The molecule has 0 bridgehead atoms. The molecule has 3 N–H and O–H groups in total. The van der Waals surface area contributed by atoms with E-state index >= 15 is 0 Å². The smallest absolute Gasteiger partial charge is 0.243 e. The summed E-state index contributed by atoms with van der Waals surface area (Å²) < 4.78 is 5.38. The molecule has 138 valence electrons. The lowest BCUT2D eigenvalue weighted by Gasteiger charge is -2.10. The molecule has 0 saturated carbocycles. The van der Waals surface area contributed by atoms with Crippen LogP contribution in [0.15, 0.2) is 48.5 Å². The molecule has 2 aromatic rings. The molecule has 0 unspecified atom stereocenters. The molecule has 0 saturated heterocycles. The molecule has 0 atom stereocenters. The van der Waals surface area contributed by atoms with Gasteiger partial charge in [0.2, 0.25) is 11.8 Å². The SMILES string of the molecule is CCCC(=O)Nc1cccc(NC(=O)CNc2ccc(OCC)cc2)c1. The zero-order valence-electron chi connectivity index (χ0n) is 15.2. The van der Waals surface area contributed by atoms with Crippen molar-refractivity contribution in [2.24, 2.45) is 0 Å². The first-order chi connectivity index (χ1) is 12.6. The third kappa shape index (κ3) is 6.47. The molecule has 0 aliphatic heterocycles. The zero-order valence-corrected chi connectivity index (χ0v) is 15.2. The summed E-state index contributed by atoms with van der Waals surface area (Å²) in [5.41, 5.74) is 2.14. The highest BCUT2D eigenvalue weighted by molar-refractivity contribution is 5.95. The van der Waals surface area contributed by atoms with Crippen LogP contribution in [0.1, 0.15) is 26.7 Å². The third-order valence-electron chi connectivity index (χ3n) is 3.53. The van der Waals surface area contributed by atoms with Gasteiger partial charge < -0.3 is 20.7 Å². The molecule has 0 fully saturated rings. The van der Waals surface area contributed by atoms with E-state index in [0.29, 0.717) is 24.4 Å². The maximum absolute atomic E-state index is 12.1. The summed E-state index contributed by atoms with van der Waals surface area (Å²) in [4.78, 5) is 23.8. The van der Waals surface area contributed by atoms with Crippen LogP contribution in [0.4, 0.5) is 17.1 Å². The largest absolute Gasteiger partial charge is 0.494 e. The Hall–Kier alpha value is -3.02. The van der Waals surface area contributed by atoms with Gasteiger partial charge in [0.05, 0.1) is 13.2 Å². The number of ether oxygens (including phenoxy) is 1. The number of hydrogen-bond acceptors (Lipinski definition) is 4. The molecule has 6 nitrogen and oxygen atoms in total. The third-order valence-corrected chi connectivity index (χ3v) is 3.53. The molecule has 2 rings (SSSR count). The average molecular weight is 355 g/mol. The first kappa shape index (κ1) is 19.3. The first-order valence-corrected chi connectivity index (χ1v) is 8.77. The summed E-state index contributed by atoms with van der Waals surface area (Å²) in [5.74, 6) is 0.591. The molecule has 0 radical (unpaired) electrons. The van der Waals surface area contributed by atoms with Gasteiger partial charge in [-0.15, -0.1) is 0 Å². The van der Waals surface area contributed by atoms with Crippen LogP contribution in [0.25, 0.3) is 0 Å². The minimum atomic E-state index is -0.170. The summed E-state index contributed by atoms with van der Waals surface area (Å²) in [5, 5.41) is 8.68. The Kier molecular flexibility index (Phi) is 7.49. The Morgan fingerprint density at radius 2 is 1.54 bits per heavy atom. The Bertz CT molecular complexity index is 729. The summed E-state index contributed by atoms with van der Waals surface area (Å²) >= 11 is 0. The van der Waals surface area contributed by atoms with E-state index in [9.17, 15) is 9.59 Å². The van der Waals surface area contributed by atoms with Crippen molar-refractivity contribution in [1.82, 2.24) is 0 Å². The summed E-state index contributed by atoms with van der Waals surface area (Å²) in [6.45, 7) is 4.64. The van der Waals surface area contributed by atoms with Crippen molar-refractivity contribution >= 4 is 28.9 Å². The van der Waals surface area contributed by atoms with E-state index in [1.54, 1.807) is 24.3 Å². The second kappa shape index (κ2) is 10.1. The Labute approximate surface area is 153 Å². The van der Waals surface area contributed by atoms with Gasteiger partial charge in [-0.2, -0.15) is 0 Å². The fourth-order valence-electron chi connectivity index (χ4n) is 2.35. The molecule has 0 spiro atoms. The molecule has 0 heterocycles. The van der Waals surface area contributed by atoms with Gasteiger partial charge in [-0.1, -0.05) is 13.0 Å². The Morgan fingerprint density at radius 3 is 2.15 bits per heavy atom. The summed E-state index contributed by atoms with van der Waals surface area (Å²) in [6.07, 6.45) is 1.27. The number of rotatable bonds is 9. The second-order valence-corrected chi connectivity index (χ2v) is 5.74. The zero-order chi connectivity index (χ0) is 18.8. The minimum Gasteiger partial charge on any atom is -0.494 e. The summed E-state index contributed by atoms with van der Waals surface area (Å²) in [7, 11) is 0. The molecule has 0 aliphatic carbocycles. The van der Waals surface area contributed by atoms with E-state index in [2.05, 4.69) is 16.0 Å². The maximum atomic E-state index is 12.1. The molecule has 2 aromatic carbocycles. The van der Waals surface area contributed by atoms with Crippen molar-refractivity contribution in [3.05, 3.63) is 48.5 Å². The Morgan fingerprint density at radius 1 is 0.885 bits per heavy atom. The van der Waals surface area contributed by atoms with Gasteiger partial charge >= 0.3 is 0 Å². The van der Waals surface area contributed by atoms with Crippen LogP contribution in [0.3, 0.4) is 0 Å². The van der Waals surface area contributed by atoms with Crippen molar-refractivity contribution in [1.29, 1.82) is 0 Å². The van der Waals surface area contributed by atoms with Gasteiger partial charge in [-0.25, -0.2) is 0 Å². The highest BCUT2D eigenvalue weighted by Gasteiger charge is 2.05. The van der Waals surface area contributed by atoms with E-state index in [1.165, 1.54) is 0 Å². The van der Waals surface area contributed by atoms with E-state index in [1.807, 2.05) is 38.1 Å². The standard InChI is InChI=1S/C20H25N3O3/c1-3-6-19(24)22-16-7-5-8-17(13-16)23-20(25)14-21-15-9-11-18(12-10-15)26-4-2/h5,7-13,21H,3-4,6,14H2,1-2H3,(H,22,24)(H,23,25). The number of carbonyl (C=O) groups is 2. The number of anilines is 3. The van der Waals surface area contributed by atoms with Crippen molar-refractivity contribution in [2.45, 2.75) is 26.7 Å².